The third-order valence-electron chi connectivity index (χ3n) is 3.28. The van der Waals surface area contributed by atoms with Crippen molar-refractivity contribution in [2.75, 3.05) is 19.7 Å². The van der Waals surface area contributed by atoms with Crippen LogP contribution in [0.1, 0.15) is 28.9 Å². The Bertz CT molecular complexity index is 433. The number of aliphatic hydroxyl groups is 1. The van der Waals surface area contributed by atoms with Crippen LogP contribution in [0, 0.1) is 0 Å². The second-order valence-corrected chi connectivity index (χ2v) is 5.50. The molecule has 2 N–H and O–H groups in total. The molecule has 1 aromatic rings. The molecular weight excluding hydrogens is 264 g/mol. The number of nitrogens with zero attached hydrogens (tertiary/aromatic N) is 1. The van der Waals surface area contributed by atoms with Gasteiger partial charge in [0.05, 0.1) is 17.5 Å². The molecule has 0 aliphatic carbocycles. The van der Waals surface area contributed by atoms with Gasteiger partial charge in [-0.15, -0.1) is 11.3 Å². The van der Waals surface area contributed by atoms with Crippen molar-refractivity contribution >= 4 is 23.2 Å². The van der Waals surface area contributed by atoms with Crippen LogP contribution in [0.4, 0.5) is 0 Å². The van der Waals surface area contributed by atoms with Crippen LogP contribution in [0.3, 0.4) is 0 Å². The van der Waals surface area contributed by atoms with Gasteiger partial charge in [-0.3, -0.25) is 9.59 Å². The maximum Gasteiger partial charge on any atom is 0.261 e. The molecular formula is C13H18N2O3S. The minimum atomic E-state index is -0.136. The third kappa shape index (κ3) is 3.54. The SMILES string of the molecule is O=C(NCCC(=O)N1CCCC1CO)c1cccs1. The van der Waals surface area contributed by atoms with E-state index in [1.54, 1.807) is 11.0 Å². The van der Waals surface area contributed by atoms with E-state index in [0.717, 1.165) is 12.8 Å². The molecule has 2 amide bonds. The average Bonchev–Trinajstić information content (AvgIpc) is 3.09. The number of aliphatic hydroxyl groups excluding tert-OH is 1. The number of carbonyl (C=O) groups is 2. The molecule has 0 radical (unpaired) electrons. The Morgan fingerprint density at radius 2 is 2.37 bits per heavy atom. The molecule has 2 rings (SSSR count). The monoisotopic (exact) mass is 282 g/mol. The number of likely N-dealkylation sites (tertiary alicyclic amines) is 1. The molecule has 2 heterocycles. The van der Waals surface area contributed by atoms with Crippen molar-refractivity contribution < 1.29 is 14.7 Å². The van der Waals surface area contributed by atoms with Gasteiger partial charge in [-0.2, -0.15) is 0 Å². The van der Waals surface area contributed by atoms with Gasteiger partial charge in [-0.1, -0.05) is 6.07 Å². The summed E-state index contributed by atoms with van der Waals surface area (Å²) in [7, 11) is 0. The van der Waals surface area contributed by atoms with E-state index in [1.165, 1.54) is 11.3 Å². The number of thiophene rings is 1. The van der Waals surface area contributed by atoms with E-state index in [-0.39, 0.29) is 30.9 Å². The lowest BCUT2D eigenvalue weighted by Gasteiger charge is -2.23. The summed E-state index contributed by atoms with van der Waals surface area (Å²) >= 11 is 1.38. The molecule has 0 bridgehead atoms. The highest BCUT2D eigenvalue weighted by molar-refractivity contribution is 7.12. The number of nitrogens with one attached hydrogen (secondary N) is 1. The molecule has 0 spiro atoms. The zero-order valence-corrected chi connectivity index (χ0v) is 11.5. The first-order chi connectivity index (χ1) is 9.22. The Hall–Kier alpha value is -1.40. The van der Waals surface area contributed by atoms with Crippen molar-refractivity contribution in [1.82, 2.24) is 10.2 Å². The van der Waals surface area contributed by atoms with Crippen LogP contribution < -0.4 is 5.32 Å². The molecule has 1 atom stereocenters. The van der Waals surface area contributed by atoms with E-state index in [9.17, 15) is 9.59 Å². The van der Waals surface area contributed by atoms with Crippen LogP contribution in [0.5, 0.6) is 0 Å². The quantitative estimate of drug-likeness (QED) is 0.841. The Morgan fingerprint density at radius 3 is 3.05 bits per heavy atom. The van der Waals surface area contributed by atoms with Gasteiger partial charge in [0.2, 0.25) is 5.91 Å². The van der Waals surface area contributed by atoms with Gasteiger partial charge in [0.25, 0.3) is 5.91 Å². The average molecular weight is 282 g/mol. The number of hydrogen-bond donors (Lipinski definition) is 2. The highest BCUT2D eigenvalue weighted by Gasteiger charge is 2.27. The second kappa shape index (κ2) is 6.68. The maximum absolute atomic E-state index is 11.9. The predicted octanol–water partition coefficient (Wildman–Crippen LogP) is 0.851. The Labute approximate surface area is 116 Å². The fraction of sp³-hybridized carbons (Fsp3) is 0.538. The minimum Gasteiger partial charge on any atom is -0.394 e. The van der Waals surface area contributed by atoms with E-state index in [2.05, 4.69) is 5.32 Å². The van der Waals surface area contributed by atoms with E-state index < -0.39 is 0 Å². The summed E-state index contributed by atoms with van der Waals surface area (Å²) in [6.45, 7) is 1.07. The lowest BCUT2D eigenvalue weighted by Crippen LogP contribution is -2.39. The first-order valence-electron chi connectivity index (χ1n) is 6.44. The molecule has 1 saturated heterocycles. The zero-order valence-electron chi connectivity index (χ0n) is 10.7. The molecule has 1 fully saturated rings. The van der Waals surface area contributed by atoms with Gasteiger partial charge in [-0.25, -0.2) is 0 Å². The molecule has 1 aliphatic heterocycles. The highest BCUT2D eigenvalue weighted by atomic mass is 32.1. The van der Waals surface area contributed by atoms with Gasteiger partial charge in [0, 0.05) is 19.5 Å². The maximum atomic E-state index is 11.9. The Morgan fingerprint density at radius 1 is 1.53 bits per heavy atom. The van der Waals surface area contributed by atoms with Crippen LogP contribution >= 0.6 is 11.3 Å². The lowest BCUT2D eigenvalue weighted by atomic mass is 10.2. The van der Waals surface area contributed by atoms with Gasteiger partial charge in [-0.05, 0) is 24.3 Å². The van der Waals surface area contributed by atoms with E-state index in [4.69, 9.17) is 5.11 Å². The van der Waals surface area contributed by atoms with Crippen LogP contribution in [-0.2, 0) is 4.79 Å². The predicted molar refractivity (Wildman–Crippen MR) is 73.1 cm³/mol. The smallest absolute Gasteiger partial charge is 0.261 e. The van der Waals surface area contributed by atoms with Gasteiger partial charge >= 0.3 is 0 Å². The molecule has 6 heteroatoms. The van der Waals surface area contributed by atoms with Crippen LogP contribution in [0.15, 0.2) is 17.5 Å². The van der Waals surface area contributed by atoms with E-state index >= 15 is 0 Å². The summed E-state index contributed by atoms with van der Waals surface area (Å²) in [5, 5.41) is 13.7. The molecule has 1 unspecified atom stereocenters. The van der Waals surface area contributed by atoms with Crippen LogP contribution in [-0.4, -0.2) is 47.6 Å². The Kier molecular flexibility index (Phi) is 4.93. The van der Waals surface area contributed by atoms with Crippen LogP contribution in [0.2, 0.25) is 0 Å². The molecule has 1 aromatic heterocycles. The van der Waals surface area contributed by atoms with Crippen molar-refractivity contribution in [3.8, 4) is 0 Å². The van der Waals surface area contributed by atoms with Crippen molar-refractivity contribution in [2.45, 2.75) is 25.3 Å². The van der Waals surface area contributed by atoms with Crippen molar-refractivity contribution in [3.05, 3.63) is 22.4 Å². The first kappa shape index (κ1) is 14.0. The third-order valence-corrected chi connectivity index (χ3v) is 4.15. The summed E-state index contributed by atoms with van der Waals surface area (Å²) < 4.78 is 0. The minimum absolute atomic E-state index is 0.00281. The fourth-order valence-corrected chi connectivity index (χ4v) is 2.92. The van der Waals surface area contributed by atoms with E-state index in [1.807, 2.05) is 11.4 Å². The number of rotatable bonds is 5. The molecule has 19 heavy (non-hydrogen) atoms. The molecule has 1 aliphatic rings. The fourth-order valence-electron chi connectivity index (χ4n) is 2.28. The topological polar surface area (TPSA) is 69.6 Å². The number of amides is 2. The standard InChI is InChI=1S/C13H18N2O3S/c16-9-10-3-1-7-15(10)12(17)5-6-14-13(18)11-4-2-8-19-11/h2,4,8,10,16H,1,3,5-7,9H2,(H,14,18). The first-order valence-corrected chi connectivity index (χ1v) is 7.32. The van der Waals surface area contributed by atoms with Crippen molar-refractivity contribution in [1.29, 1.82) is 0 Å². The largest absolute Gasteiger partial charge is 0.394 e. The summed E-state index contributed by atoms with van der Waals surface area (Å²) in [4.78, 5) is 26.0. The second-order valence-electron chi connectivity index (χ2n) is 4.55. The van der Waals surface area contributed by atoms with Gasteiger partial charge in [0.1, 0.15) is 0 Å². The number of carbonyl (C=O) groups excluding carboxylic acids is 2. The summed E-state index contributed by atoms with van der Waals surface area (Å²) in [6, 6.07) is 3.53. The zero-order chi connectivity index (χ0) is 13.7. The molecule has 0 saturated carbocycles. The highest BCUT2D eigenvalue weighted by Crippen LogP contribution is 2.17. The molecule has 104 valence electrons. The normalized spacial score (nSPS) is 18.6. The van der Waals surface area contributed by atoms with Gasteiger partial charge < -0.3 is 15.3 Å². The summed E-state index contributed by atoms with van der Waals surface area (Å²) in [5.41, 5.74) is 0. The Balaban J connectivity index is 1.73. The van der Waals surface area contributed by atoms with Crippen molar-refractivity contribution in [3.63, 3.8) is 0 Å². The van der Waals surface area contributed by atoms with Crippen LogP contribution in [0.25, 0.3) is 0 Å². The molecule has 5 nitrogen and oxygen atoms in total. The molecule has 0 aromatic carbocycles. The number of hydrogen-bond acceptors (Lipinski definition) is 4. The van der Waals surface area contributed by atoms with E-state index in [0.29, 0.717) is 18.0 Å². The van der Waals surface area contributed by atoms with Crippen molar-refractivity contribution in [2.24, 2.45) is 0 Å². The summed E-state index contributed by atoms with van der Waals surface area (Å²) in [5.74, 6) is -0.133. The lowest BCUT2D eigenvalue weighted by molar-refractivity contribution is -0.132. The van der Waals surface area contributed by atoms with Gasteiger partial charge in [0.15, 0.2) is 0 Å². The summed E-state index contributed by atoms with van der Waals surface area (Å²) in [6.07, 6.45) is 2.09.